The summed E-state index contributed by atoms with van der Waals surface area (Å²) in [7, 11) is 0. The minimum absolute atomic E-state index is 0.0126. The minimum Gasteiger partial charge on any atom is -0.454 e. The Labute approximate surface area is 176 Å². The van der Waals surface area contributed by atoms with Crippen LogP contribution in [0.4, 0.5) is 0 Å². The van der Waals surface area contributed by atoms with E-state index in [1.807, 2.05) is 28.0 Å². The topological polar surface area (TPSA) is 59.1 Å². The molecule has 6 heteroatoms. The summed E-state index contributed by atoms with van der Waals surface area (Å²) < 4.78 is 10.8. The number of rotatable bonds is 3. The molecule has 0 aliphatic carbocycles. The van der Waals surface area contributed by atoms with Gasteiger partial charge in [0.25, 0.3) is 5.91 Å². The van der Waals surface area contributed by atoms with Crippen molar-refractivity contribution in [1.82, 2.24) is 9.80 Å². The molecule has 0 saturated carbocycles. The number of nitrogens with zero attached hydrogens (tertiary/aromatic N) is 2. The monoisotopic (exact) mass is 406 g/mol. The summed E-state index contributed by atoms with van der Waals surface area (Å²) in [5, 5.41) is 0. The van der Waals surface area contributed by atoms with Gasteiger partial charge in [-0.2, -0.15) is 0 Å². The van der Waals surface area contributed by atoms with Crippen molar-refractivity contribution in [3.05, 3.63) is 59.7 Å². The molecule has 6 nitrogen and oxygen atoms in total. The van der Waals surface area contributed by atoms with Crippen LogP contribution < -0.4 is 9.47 Å². The van der Waals surface area contributed by atoms with Crippen LogP contribution in [0.1, 0.15) is 41.1 Å². The minimum atomic E-state index is -0.205. The summed E-state index contributed by atoms with van der Waals surface area (Å²) in [6, 6.07) is 15.4. The Hall–Kier alpha value is -3.02. The largest absolute Gasteiger partial charge is 0.454 e. The number of piperidine rings is 1. The first kappa shape index (κ1) is 19.0. The molecule has 3 aliphatic heterocycles. The number of hydrogen-bond donors (Lipinski definition) is 0. The summed E-state index contributed by atoms with van der Waals surface area (Å²) >= 11 is 0. The lowest BCUT2D eigenvalue weighted by atomic mass is 9.87. The van der Waals surface area contributed by atoms with Crippen molar-refractivity contribution >= 4 is 11.8 Å². The van der Waals surface area contributed by atoms with E-state index in [-0.39, 0.29) is 30.4 Å². The number of ether oxygens (including phenoxy) is 2. The molecule has 2 saturated heterocycles. The lowest BCUT2D eigenvalue weighted by Crippen LogP contribution is -2.42. The highest BCUT2D eigenvalue weighted by molar-refractivity contribution is 5.96. The molecule has 2 atom stereocenters. The molecule has 30 heavy (non-hydrogen) atoms. The molecule has 3 aliphatic rings. The van der Waals surface area contributed by atoms with E-state index >= 15 is 0 Å². The van der Waals surface area contributed by atoms with Crippen LogP contribution in [-0.4, -0.2) is 54.6 Å². The lowest BCUT2D eigenvalue weighted by Gasteiger charge is -2.30. The summed E-state index contributed by atoms with van der Waals surface area (Å²) in [5.41, 5.74) is 1.69. The Morgan fingerprint density at radius 3 is 2.40 bits per heavy atom. The first-order valence-electron chi connectivity index (χ1n) is 10.7. The van der Waals surface area contributed by atoms with Crippen molar-refractivity contribution in [2.75, 3.05) is 33.0 Å². The van der Waals surface area contributed by atoms with Gasteiger partial charge >= 0.3 is 0 Å². The highest BCUT2D eigenvalue weighted by Gasteiger charge is 2.42. The number of carbonyl (C=O) groups is 2. The summed E-state index contributed by atoms with van der Waals surface area (Å²) in [6.45, 7) is 2.82. The fourth-order valence-electron chi connectivity index (χ4n) is 4.82. The molecule has 2 aromatic carbocycles. The summed E-state index contributed by atoms with van der Waals surface area (Å²) in [4.78, 5) is 30.5. The van der Waals surface area contributed by atoms with E-state index in [2.05, 4.69) is 12.1 Å². The van der Waals surface area contributed by atoms with Crippen LogP contribution >= 0.6 is 0 Å². The number of hydrogen-bond acceptors (Lipinski definition) is 4. The zero-order chi connectivity index (χ0) is 20.5. The highest BCUT2D eigenvalue weighted by Crippen LogP contribution is 2.37. The smallest absolute Gasteiger partial charge is 0.254 e. The molecule has 2 amide bonds. The van der Waals surface area contributed by atoms with E-state index in [9.17, 15) is 9.59 Å². The van der Waals surface area contributed by atoms with Gasteiger partial charge in [0.2, 0.25) is 12.7 Å². The molecule has 156 valence electrons. The molecule has 0 spiro atoms. The van der Waals surface area contributed by atoms with Gasteiger partial charge in [0.1, 0.15) is 0 Å². The van der Waals surface area contributed by atoms with Crippen LogP contribution in [-0.2, 0) is 4.79 Å². The van der Waals surface area contributed by atoms with Gasteiger partial charge in [0.05, 0.1) is 5.92 Å². The maximum Gasteiger partial charge on any atom is 0.254 e. The van der Waals surface area contributed by atoms with E-state index in [0.29, 0.717) is 30.2 Å². The molecular weight excluding hydrogens is 380 g/mol. The number of fused-ring (bicyclic) bond motifs is 1. The van der Waals surface area contributed by atoms with Gasteiger partial charge in [-0.1, -0.05) is 30.3 Å². The molecule has 0 radical (unpaired) electrons. The van der Waals surface area contributed by atoms with Gasteiger partial charge in [-0.25, -0.2) is 0 Å². The Balaban J connectivity index is 1.40. The maximum absolute atomic E-state index is 13.4. The highest BCUT2D eigenvalue weighted by atomic mass is 16.7. The van der Waals surface area contributed by atoms with Gasteiger partial charge in [-0.3, -0.25) is 9.59 Å². The van der Waals surface area contributed by atoms with Crippen LogP contribution in [0.25, 0.3) is 0 Å². The zero-order valence-corrected chi connectivity index (χ0v) is 17.0. The van der Waals surface area contributed by atoms with Gasteiger partial charge < -0.3 is 19.3 Å². The lowest BCUT2D eigenvalue weighted by molar-refractivity contribution is -0.136. The Bertz CT molecular complexity index is 939. The van der Waals surface area contributed by atoms with Gasteiger partial charge in [-0.05, 0) is 43.0 Å². The fraction of sp³-hybridized carbons (Fsp3) is 0.417. The molecule has 2 fully saturated rings. The second-order valence-corrected chi connectivity index (χ2v) is 8.29. The third-order valence-electron chi connectivity index (χ3n) is 6.44. The number of carbonyl (C=O) groups excluding carboxylic acids is 2. The zero-order valence-electron chi connectivity index (χ0n) is 17.0. The molecule has 2 aromatic rings. The predicted octanol–water partition coefficient (Wildman–Crippen LogP) is 3.28. The number of benzene rings is 2. The van der Waals surface area contributed by atoms with E-state index in [1.165, 1.54) is 6.42 Å². The summed E-state index contributed by atoms with van der Waals surface area (Å²) in [5.74, 6) is 1.18. The molecule has 0 N–H and O–H groups in total. The third-order valence-corrected chi connectivity index (χ3v) is 6.44. The van der Waals surface area contributed by atoms with Crippen LogP contribution in [0.15, 0.2) is 48.5 Å². The average Bonchev–Trinajstić information content (AvgIpc) is 3.46. The van der Waals surface area contributed by atoms with Crippen molar-refractivity contribution < 1.29 is 19.1 Å². The normalized spacial score (nSPS) is 22.9. The second-order valence-electron chi connectivity index (χ2n) is 8.29. The quantitative estimate of drug-likeness (QED) is 0.785. The van der Waals surface area contributed by atoms with Crippen molar-refractivity contribution in [3.63, 3.8) is 0 Å². The van der Waals surface area contributed by atoms with Crippen molar-refractivity contribution in [1.29, 1.82) is 0 Å². The fourth-order valence-corrected chi connectivity index (χ4v) is 4.82. The Morgan fingerprint density at radius 1 is 0.833 bits per heavy atom. The van der Waals surface area contributed by atoms with E-state index < -0.39 is 0 Å². The maximum atomic E-state index is 13.4. The van der Waals surface area contributed by atoms with Crippen LogP contribution in [0, 0.1) is 5.92 Å². The van der Waals surface area contributed by atoms with Crippen LogP contribution in [0.5, 0.6) is 11.5 Å². The molecule has 0 aromatic heterocycles. The predicted molar refractivity (Wildman–Crippen MR) is 112 cm³/mol. The molecule has 3 heterocycles. The first-order chi connectivity index (χ1) is 14.7. The van der Waals surface area contributed by atoms with E-state index in [4.69, 9.17) is 9.47 Å². The first-order valence-corrected chi connectivity index (χ1v) is 10.7. The van der Waals surface area contributed by atoms with Crippen molar-refractivity contribution in [2.45, 2.75) is 25.2 Å². The van der Waals surface area contributed by atoms with Gasteiger partial charge in [0.15, 0.2) is 11.5 Å². The number of amides is 2. The Kier molecular flexibility index (Phi) is 5.07. The standard InChI is InChI=1S/C24H26N2O4/c27-23(18-9-10-21-22(13-18)30-16-29-21)26-14-19(17-7-3-1-4-8-17)20(15-26)24(28)25-11-5-2-6-12-25/h1,3-4,7-10,13,19-20H,2,5-6,11-12,14-16H2. The molecule has 2 unspecified atom stereocenters. The SMILES string of the molecule is O=C(c1ccc2c(c1)OCO2)N1CC(C(=O)N2CCCCC2)C(c2ccccc2)C1. The van der Waals surface area contributed by atoms with Crippen molar-refractivity contribution in [3.8, 4) is 11.5 Å². The van der Waals surface area contributed by atoms with Crippen LogP contribution in [0.3, 0.4) is 0 Å². The van der Waals surface area contributed by atoms with Gasteiger partial charge in [0, 0.05) is 37.7 Å². The Morgan fingerprint density at radius 2 is 1.60 bits per heavy atom. The third kappa shape index (κ3) is 3.51. The van der Waals surface area contributed by atoms with Gasteiger partial charge in [-0.15, -0.1) is 0 Å². The van der Waals surface area contributed by atoms with E-state index in [0.717, 1.165) is 31.5 Å². The number of likely N-dealkylation sites (tertiary alicyclic amines) is 2. The molecular formula is C24H26N2O4. The molecule has 0 bridgehead atoms. The average molecular weight is 406 g/mol. The second kappa shape index (κ2) is 8.01. The van der Waals surface area contributed by atoms with Crippen LogP contribution in [0.2, 0.25) is 0 Å². The van der Waals surface area contributed by atoms with Crippen molar-refractivity contribution in [2.24, 2.45) is 5.92 Å². The summed E-state index contributed by atoms with van der Waals surface area (Å²) in [6.07, 6.45) is 3.31. The van der Waals surface area contributed by atoms with E-state index in [1.54, 1.807) is 18.2 Å². The molecule has 5 rings (SSSR count).